The van der Waals surface area contributed by atoms with Crippen LogP contribution in [0.3, 0.4) is 0 Å². The molecule has 2 N–H and O–H groups in total. The number of carbonyl (C=O) groups excluding carboxylic acids is 1. The lowest BCUT2D eigenvalue weighted by atomic mass is 10.2. The molecular formula is C8H13NO4. The van der Waals surface area contributed by atoms with E-state index in [1.54, 1.807) is 0 Å². The predicted octanol–water partition coefficient (Wildman–Crippen LogP) is -0.245. The van der Waals surface area contributed by atoms with Crippen LogP contribution in [0.1, 0.15) is 19.8 Å². The summed E-state index contributed by atoms with van der Waals surface area (Å²) in [6, 6.07) is -0.850. The maximum Gasteiger partial charge on any atom is 0.325 e. The number of rotatable bonds is 3. The Hall–Kier alpha value is -1.10. The number of hydrogen-bond acceptors (Lipinski definition) is 3. The van der Waals surface area contributed by atoms with Crippen LogP contribution in [0.25, 0.3) is 0 Å². The third-order valence-corrected chi connectivity index (χ3v) is 1.95. The lowest BCUT2D eigenvalue weighted by Gasteiger charge is -2.12. The highest BCUT2D eigenvalue weighted by Crippen LogP contribution is 2.11. The van der Waals surface area contributed by atoms with E-state index >= 15 is 0 Å². The van der Waals surface area contributed by atoms with E-state index in [4.69, 9.17) is 9.84 Å². The van der Waals surface area contributed by atoms with Gasteiger partial charge in [-0.2, -0.15) is 0 Å². The van der Waals surface area contributed by atoms with Gasteiger partial charge in [0.05, 0.1) is 0 Å². The van der Waals surface area contributed by atoms with Crippen LogP contribution in [-0.4, -0.2) is 35.7 Å². The second-order valence-electron chi connectivity index (χ2n) is 3.07. The third kappa shape index (κ3) is 2.69. The van der Waals surface area contributed by atoms with E-state index in [1.165, 1.54) is 6.92 Å². The first-order chi connectivity index (χ1) is 6.11. The molecule has 0 aromatic carbocycles. The molecule has 74 valence electrons. The van der Waals surface area contributed by atoms with Crippen molar-refractivity contribution in [2.24, 2.45) is 0 Å². The third-order valence-electron chi connectivity index (χ3n) is 1.95. The molecule has 1 rings (SSSR count). The monoisotopic (exact) mass is 187 g/mol. The van der Waals surface area contributed by atoms with Crippen LogP contribution in [0.5, 0.6) is 0 Å². The summed E-state index contributed by atoms with van der Waals surface area (Å²) in [6.45, 7) is 2.01. The van der Waals surface area contributed by atoms with Crippen LogP contribution < -0.4 is 5.32 Å². The topological polar surface area (TPSA) is 75.6 Å². The molecule has 1 heterocycles. The smallest absolute Gasteiger partial charge is 0.325 e. The highest BCUT2D eigenvalue weighted by atomic mass is 16.5. The van der Waals surface area contributed by atoms with Crippen LogP contribution >= 0.6 is 0 Å². The molecule has 0 bridgehead atoms. The Balaban J connectivity index is 2.35. The number of ether oxygens (including phenoxy) is 1. The van der Waals surface area contributed by atoms with Gasteiger partial charge in [0.1, 0.15) is 12.1 Å². The Morgan fingerprint density at radius 1 is 1.62 bits per heavy atom. The zero-order valence-corrected chi connectivity index (χ0v) is 7.45. The van der Waals surface area contributed by atoms with Crippen LogP contribution in [-0.2, 0) is 14.3 Å². The summed E-state index contributed by atoms with van der Waals surface area (Å²) >= 11 is 0. The maximum absolute atomic E-state index is 11.3. The minimum Gasteiger partial charge on any atom is -0.480 e. The zero-order chi connectivity index (χ0) is 9.84. The molecule has 0 unspecified atom stereocenters. The molecule has 0 aromatic heterocycles. The van der Waals surface area contributed by atoms with Crippen molar-refractivity contribution in [2.45, 2.75) is 31.9 Å². The summed E-state index contributed by atoms with van der Waals surface area (Å²) in [5, 5.41) is 10.9. The number of amides is 1. The molecule has 0 aliphatic carbocycles. The van der Waals surface area contributed by atoms with Gasteiger partial charge in [-0.3, -0.25) is 9.59 Å². The quantitative estimate of drug-likeness (QED) is 0.639. The average molecular weight is 187 g/mol. The van der Waals surface area contributed by atoms with Crippen molar-refractivity contribution < 1.29 is 19.4 Å². The van der Waals surface area contributed by atoms with Gasteiger partial charge in [-0.25, -0.2) is 0 Å². The van der Waals surface area contributed by atoms with Gasteiger partial charge in [0.15, 0.2) is 0 Å². The zero-order valence-electron chi connectivity index (χ0n) is 7.45. The van der Waals surface area contributed by atoms with Crippen molar-refractivity contribution in [1.82, 2.24) is 5.32 Å². The molecule has 0 radical (unpaired) electrons. The van der Waals surface area contributed by atoms with E-state index in [9.17, 15) is 9.59 Å². The van der Waals surface area contributed by atoms with Crippen molar-refractivity contribution in [3.8, 4) is 0 Å². The lowest BCUT2D eigenvalue weighted by Crippen LogP contribution is -2.43. The predicted molar refractivity (Wildman–Crippen MR) is 44.2 cm³/mol. The SMILES string of the molecule is C[C@@H](NC(=O)[C@H]1CCCO1)C(=O)O. The second kappa shape index (κ2) is 4.23. The van der Waals surface area contributed by atoms with Gasteiger partial charge in [0, 0.05) is 6.61 Å². The molecule has 2 atom stereocenters. The molecule has 5 nitrogen and oxygen atoms in total. The fourth-order valence-corrected chi connectivity index (χ4v) is 1.15. The molecule has 0 aromatic rings. The first kappa shape index (κ1) is 9.98. The van der Waals surface area contributed by atoms with Gasteiger partial charge < -0.3 is 15.2 Å². The summed E-state index contributed by atoms with van der Waals surface area (Å²) in [6.07, 6.45) is 1.08. The Labute approximate surface area is 76.1 Å². The molecule has 1 fully saturated rings. The fraction of sp³-hybridized carbons (Fsp3) is 0.750. The summed E-state index contributed by atoms with van der Waals surface area (Å²) in [7, 11) is 0. The van der Waals surface area contributed by atoms with Crippen LogP contribution in [0.2, 0.25) is 0 Å². The standard InChI is InChI=1S/C8H13NO4/c1-5(8(11)12)9-7(10)6-3-2-4-13-6/h5-6H,2-4H2,1H3,(H,9,10)(H,11,12)/t5-,6-/m1/s1. The number of carbonyl (C=O) groups is 2. The van der Waals surface area contributed by atoms with E-state index in [2.05, 4.69) is 5.32 Å². The fourth-order valence-electron chi connectivity index (χ4n) is 1.15. The van der Waals surface area contributed by atoms with E-state index in [0.29, 0.717) is 13.0 Å². The Morgan fingerprint density at radius 2 is 2.31 bits per heavy atom. The number of nitrogens with one attached hydrogen (secondary N) is 1. The minimum absolute atomic E-state index is 0.326. The first-order valence-corrected chi connectivity index (χ1v) is 4.26. The van der Waals surface area contributed by atoms with Crippen LogP contribution in [0.4, 0.5) is 0 Å². The number of hydrogen-bond donors (Lipinski definition) is 2. The van der Waals surface area contributed by atoms with Crippen molar-refractivity contribution in [3.05, 3.63) is 0 Å². The van der Waals surface area contributed by atoms with Gasteiger partial charge in [-0.15, -0.1) is 0 Å². The van der Waals surface area contributed by atoms with E-state index in [0.717, 1.165) is 6.42 Å². The average Bonchev–Trinajstić information content (AvgIpc) is 2.55. The highest BCUT2D eigenvalue weighted by Gasteiger charge is 2.25. The largest absolute Gasteiger partial charge is 0.480 e. The van der Waals surface area contributed by atoms with Crippen LogP contribution in [0, 0.1) is 0 Å². The summed E-state index contributed by atoms with van der Waals surface area (Å²) in [4.78, 5) is 21.7. The summed E-state index contributed by atoms with van der Waals surface area (Å²) in [5.74, 6) is -1.36. The van der Waals surface area contributed by atoms with E-state index in [-0.39, 0.29) is 5.91 Å². The van der Waals surface area contributed by atoms with E-state index < -0.39 is 18.1 Å². The van der Waals surface area contributed by atoms with Gasteiger partial charge >= 0.3 is 5.97 Å². The maximum atomic E-state index is 11.3. The summed E-state index contributed by atoms with van der Waals surface area (Å²) < 4.78 is 5.09. The van der Waals surface area contributed by atoms with Crippen molar-refractivity contribution in [2.75, 3.05) is 6.61 Å². The molecule has 1 aliphatic rings. The van der Waals surface area contributed by atoms with Gasteiger partial charge in [-0.05, 0) is 19.8 Å². The van der Waals surface area contributed by atoms with Crippen LogP contribution in [0.15, 0.2) is 0 Å². The molecule has 1 aliphatic heterocycles. The summed E-state index contributed by atoms with van der Waals surface area (Å²) in [5.41, 5.74) is 0. The Morgan fingerprint density at radius 3 is 2.77 bits per heavy atom. The highest BCUT2D eigenvalue weighted by molar-refractivity contribution is 5.86. The second-order valence-corrected chi connectivity index (χ2v) is 3.07. The molecule has 0 saturated carbocycles. The van der Waals surface area contributed by atoms with Crippen molar-refractivity contribution >= 4 is 11.9 Å². The minimum atomic E-state index is -1.04. The molecule has 13 heavy (non-hydrogen) atoms. The van der Waals surface area contributed by atoms with E-state index in [1.807, 2.05) is 0 Å². The number of carboxylic acids is 1. The normalized spacial score (nSPS) is 23.9. The van der Waals surface area contributed by atoms with Crippen molar-refractivity contribution in [3.63, 3.8) is 0 Å². The molecule has 1 amide bonds. The van der Waals surface area contributed by atoms with Crippen molar-refractivity contribution in [1.29, 1.82) is 0 Å². The first-order valence-electron chi connectivity index (χ1n) is 4.26. The molecular weight excluding hydrogens is 174 g/mol. The molecule has 5 heteroatoms. The number of carboxylic acid groups (broad SMARTS) is 1. The van der Waals surface area contributed by atoms with Gasteiger partial charge in [-0.1, -0.05) is 0 Å². The van der Waals surface area contributed by atoms with Gasteiger partial charge in [0.25, 0.3) is 0 Å². The Kier molecular flexibility index (Phi) is 3.25. The molecule has 0 spiro atoms. The Bertz CT molecular complexity index is 210. The molecule has 1 saturated heterocycles. The number of aliphatic carboxylic acids is 1. The van der Waals surface area contributed by atoms with Gasteiger partial charge in [0.2, 0.25) is 5.91 Å². The lowest BCUT2D eigenvalue weighted by molar-refractivity contribution is -0.143.